The van der Waals surface area contributed by atoms with E-state index in [1.165, 1.54) is 25.7 Å². The number of amides is 1. The highest BCUT2D eigenvalue weighted by Crippen LogP contribution is 2.38. The highest BCUT2D eigenvalue weighted by molar-refractivity contribution is 7.09. The van der Waals surface area contributed by atoms with Gasteiger partial charge in [-0.2, -0.15) is 0 Å². The Hall–Kier alpha value is -1.99. The van der Waals surface area contributed by atoms with Crippen molar-refractivity contribution in [1.82, 2.24) is 15.3 Å². The summed E-state index contributed by atoms with van der Waals surface area (Å²) >= 11 is 1.60. The van der Waals surface area contributed by atoms with Crippen molar-refractivity contribution >= 4 is 17.2 Å². The summed E-state index contributed by atoms with van der Waals surface area (Å²) < 4.78 is 11.6. The average molecular weight is 428 g/mol. The van der Waals surface area contributed by atoms with Crippen molar-refractivity contribution in [3.8, 4) is 5.88 Å². The Kier molecular flexibility index (Phi) is 6.00. The minimum absolute atomic E-state index is 0.0437. The van der Waals surface area contributed by atoms with Crippen LogP contribution in [0.2, 0.25) is 0 Å². The molecule has 6 nitrogen and oxygen atoms in total. The van der Waals surface area contributed by atoms with Crippen LogP contribution in [0.5, 0.6) is 5.88 Å². The standard InChI is InChI=1S/C23H29N3O3S/c27-21(25-20(13-15-1-2-15)23-24-9-12-30-23)19-6-5-18(17-7-10-28-11-8-17)22(26-19)29-14-16-3-4-16/h5-6,9,12,15-17,20H,1-4,7-8,10-11,13-14H2,(H,25,27). The first kappa shape index (κ1) is 19.9. The van der Waals surface area contributed by atoms with Crippen LogP contribution in [0.1, 0.15) is 78.0 Å². The van der Waals surface area contributed by atoms with Crippen molar-refractivity contribution in [3.63, 3.8) is 0 Å². The lowest BCUT2D eigenvalue weighted by molar-refractivity contribution is 0.0842. The van der Waals surface area contributed by atoms with Crippen LogP contribution in [0, 0.1) is 11.8 Å². The van der Waals surface area contributed by atoms with Gasteiger partial charge in [0.2, 0.25) is 5.88 Å². The van der Waals surface area contributed by atoms with Crippen LogP contribution in [-0.4, -0.2) is 35.7 Å². The van der Waals surface area contributed by atoms with Gasteiger partial charge in [0.25, 0.3) is 5.91 Å². The van der Waals surface area contributed by atoms with Gasteiger partial charge in [0.1, 0.15) is 10.7 Å². The molecule has 0 spiro atoms. The number of carbonyl (C=O) groups excluding carboxylic acids is 1. The van der Waals surface area contributed by atoms with Gasteiger partial charge >= 0.3 is 0 Å². The fourth-order valence-electron chi connectivity index (χ4n) is 4.04. The summed E-state index contributed by atoms with van der Waals surface area (Å²) in [4.78, 5) is 22.2. The molecule has 7 heteroatoms. The molecular weight excluding hydrogens is 398 g/mol. The van der Waals surface area contributed by atoms with Crippen molar-refractivity contribution in [3.05, 3.63) is 40.0 Å². The fraction of sp³-hybridized carbons (Fsp3) is 0.609. The summed E-state index contributed by atoms with van der Waals surface area (Å²) in [5, 5.41) is 6.12. The third kappa shape index (κ3) is 5.01. The fourth-order valence-corrected chi connectivity index (χ4v) is 4.74. The second-order valence-corrected chi connectivity index (χ2v) is 9.73. The molecule has 0 radical (unpaired) electrons. The summed E-state index contributed by atoms with van der Waals surface area (Å²) in [6, 6.07) is 3.84. The van der Waals surface area contributed by atoms with Gasteiger partial charge in [-0.25, -0.2) is 9.97 Å². The van der Waals surface area contributed by atoms with Gasteiger partial charge in [0, 0.05) is 30.4 Å². The van der Waals surface area contributed by atoms with Crippen LogP contribution >= 0.6 is 11.3 Å². The maximum atomic E-state index is 13.1. The summed E-state index contributed by atoms with van der Waals surface area (Å²) in [7, 11) is 0. The number of nitrogens with zero attached hydrogens (tertiary/aromatic N) is 2. The van der Waals surface area contributed by atoms with Gasteiger partial charge in [-0.3, -0.25) is 4.79 Å². The molecule has 30 heavy (non-hydrogen) atoms. The zero-order chi connectivity index (χ0) is 20.3. The first-order chi connectivity index (χ1) is 14.8. The number of carbonyl (C=O) groups is 1. The Morgan fingerprint density at radius 2 is 1.97 bits per heavy atom. The number of aromatic nitrogens is 2. The van der Waals surface area contributed by atoms with Gasteiger partial charge in [-0.05, 0) is 55.9 Å². The van der Waals surface area contributed by atoms with Gasteiger partial charge in [-0.1, -0.05) is 18.9 Å². The molecule has 0 bridgehead atoms. The van der Waals surface area contributed by atoms with Crippen LogP contribution in [0.15, 0.2) is 23.7 Å². The van der Waals surface area contributed by atoms with E-state index in [2.05, 4.69) is 15.3 Å². The lowest BCUT2D eigenvalue weighted by atomic mass is 9.92. The summed E-state index contributed by atoms with van der Waals surface area (Å²) in [5.41, 5.74) is 1.54. The van der Waals surface area contributed by atoms with Gasteiger partial charge in [-0.15, -0.1) is 11.3 Å². The Morgan fingerprint density at radius 3 is 2.67 bits per heavy atom. The van der Waals surface area contributed by atoms with Gasteiger partial charge < -0.3 is 14.8 Å². The maximum absolute atomic E-state index is 13.1. The summed E-state index contributed by atoms with van der Waals surface area (Å²) in [6.07, 6.45) is 9.64. The number of hydrogen-bond donors (Lipinski definition) is 1. The molecule has 5 rings (SSSR count). The summed E-state index contributed by atoms with van der Waals surface area (Å²) in [6.45, 7) is 2.23. The van der Waals surface area contributed by atoms with E-state index in [9.17, 15) is 4.79 Å². The number of thiazole rings is 1. The van der Waals surface area contributed by atoms with Crippen LogP contribution in [0.3, 0.4) is 0 Å². The predicted molar refractivity (Wildman–Crippen MR) is 115 cm³/mol. The van der Waals surface area contributed by atoms with E-state index in [1.54, 1.807) is 17.5 Å². The second kappa shape index (κ2) is 9.02. The number of hydrogen-bond acceptors (Lipinski definition) is 6. The first-order valence-electron chi connectivity index (χ1n) is 11.2. The van der Waals surface area contributed by atoms with E-state index in [-0.39, 0.29) is 11.9 Å². The molecule has 3 aliphatic rings. The van der Waals surface area contributed by atoms with Gasteiger partial charge in [0.05, 0.1) is 12.6 Å². The topological polar surface area (TPSA) is 73.3 Å². The average Bonchev–Trinajstić information content (AvgIpc) is 3.72. The van der Waals surface area contributed by atoms with Crippen LogP contribution in [0.4, 0.5) is 0 Å². The molecule has 1 aliphatic heterocycles. The van der Waals surface area contributed by atoms with E-state index in [4.69, 9.17) is 9.47 Å². The highest BCUT2D eigenvalue weighted by Gasteiger charge is 2.30. The highest BCUT2D eigenvalue weighted by atomic mass is 32.1. The van der Waals surface area contributed by atoms with Crippen molar-refractivity contribution in [2.45, 2.75) is 56.9 Å². The molecule has 1 unspecified atom stereocenters. The van der Waals surface area contributed by atoms with E-state index in [0.717, 1.165) is 43.0 Å². The molecule has 2 aliphatic carbocycles. The SMILES string of the molecule is O=C(NC(CC1CC1)c1nccs1)c1ccc(C2CCOCC2)c(OCC2CC2)n1. The Balaban J connectivity index is 1.34. The van der Waals surface area contributed by atoms with E-state index in [0.29, 0.717) is 35.9 Å². The second-order valence-electron chi connectivity index (χ2n) is 8.81. The number of ether oxygens (including phenoxy) is 2. The predicted octanol–water partition coefficient (Wildman–Crippen LogP) is 4.49. The molecule has 1 amide bonds. The molecule has 2 saturated carbocycles. The Morgan fingerprint density at radius 1 is 1.17 bits per heavy atom. The monoisotopic (exact) mass is 427 g/mol. The lowest BCUT2D eigenvalue weighted by Gasteiger charge is -2.24. The van der Waals surface area contributed by atoms with Gasteiger partial charge in [0.15, 0.2) is 0 Å². The molecule has 3 fully saturated rings. The van der Waals surface area contributed by atoms with E-state index in [1.807, 2.05) is 17.5 Å². The molecule has 2 aromatic heterocycles. The van der Waals surface area contributed by atoms with Crippen molar-refractivity contribution in [1.29, 1.82) is 0 Å². The number of nitrogens with one attached hydrogen (secondary N) is 1. The van der Waals surface area contributed by atoms with Crippen LogP contribution < -0.4 is 10.1 Å². The summed E-state index contributed by atoms with van der Waals surface area (Å²) in [5.74, 6) is 2.20. The van der Waals surface area contributed by atoms with Crippen molar-refractivity contribution < 1.29 is 14.3 Å². The zero-order valence-corrected chi connectivity index (χ0v) is 18.0. The van der Waals surface area contributed by atoms with E-state index >= 15 is 0 Å². The molecule has 1 atom stereocenters. The quantitative estimate of drug-likeness (QED) is 0.638. The molecule has 1 saturated heterocycles. The minimum atomic E-state index is -0.148. The van der Waals surface area contributed by atoms with Crippen molar-refractivity contribution in [2.75, 3.05) is 19.8 Å². The number of pyridine rings is 1. The zero-order valence-electron chi connectivity index (χ0n) is 17.2. The van der Waals surface area contributed by atoms with Crippen molar-refractivity contribution in [2.24, 2.45) is 11.8 Å². The van der Waals surface area contributed by atoms with E-state index < -0.39 is 0 Å². The molecule has 2 aromatic rings. The third-order valence-corrected chi connectivity index (χ3v) is 7.15. The Bertz CT molecular complexity index is 859. The Labute approximate surface area is 181 Å². The minimum Gasteiger partial charge on any atom is -0.477 e. The first-order valence-corrected chi connectivity index (χ1v) is 12.1. The maximum Gasteiger partial charge on any atom is 0.270 e. The molecule has 160 valence electrons. The molecular formula is C23H29N3O3S. The normalized spacial score (nSPS) is 20.7. The third-order valence-electron chi connectivity index (χ3n) is 6.26. The lowest BCUT2D eigenvalue weighted by Crippen LogP contribution is -2.30. The van der Waals surface area contributed by atoms with Crippen LogP contribution in [0.25, 0.3) is 0 Å². The smallest absolute Gasteiger partial charge is 0.270 e. The van der Waals surface area contributed by atoms with Crippen LogP contribution in [-0.2, 0) is 4.74 Å². The largest absolute Gasteiger partial charge is 0.477 e. The molecule has 1 N–H and O–H groups in total. The number of rotatable bonds is 9. The molecule has 3 heterocycles. The molecule has 0 aromatic carbocycles.